The zero-order chi connectivity index (χ0) is 10.8. The number of carbonyl (C=O) groups is 1. The molecule has 2 rings (SSSR count). The molecule has 2 bridgehead atoms. The van der Waals surface area contributed by atoms with Gasteiger partial charge in [-0.1, -0.05) is 6.08 Å². The molecule has 0 spiro atoms. The smallest absolute Gasteiger partial charge is 0.333 e. The average molecular weight is 209 g/mol. The Morgan fingerprint density at radius 2 is 2.33 bits per heavy atom. The van der Waals surface area contributed by atoms with E-state index in [2.05, 4.69) is 9.64 Å². The van der Waals surface area contributed by atoms with E-state index in [0.29, 0.717) is 0 Å². The van der Waals surface area contributed by atoms with Crippen LogP contribution in [0.1, 0.15) is 26.2 Å². The minimum atomic E-state index is -0.209. The van der Waals surface area contributed by atoms with Crippen LogP contribution in [0.5, 0.6) is 0 Å². The molecule has 1 saturated heterocycles. The van der Waals surface area contributed by atoms with Gasteiger partial charge in [0.2, 0.25) is 0 Å². The third kappa shape index (κ3) is 2.23. The second-order valence-corrected chi connectivity index (χ2v) is 4.67. The Hall–Kier alpha value is -0.830. The van der Waals surface area contributed by atoms with Crippen molar-refractivity contribution in [3.63, 3.8) is 0 Å². The number of rotatable bonds is 3. The van der Waals surface area contributed by atoms with Gasteiger partial charge in [0, 0.05) is 24.7 Å². The van der Waals surface area contributed by atoms with Crippen LogP contribution in [-0.4, -0.2) is 37.1 Å². The minimum Gasteiger partial charge on any atom is -0.466 e. The summed E-state index contributed by atoms with van der Waals surface area (Å²) in [6.45, 7) is 3.94. The first kappa shape index (κ1) is 10.7. The van der Waals surface area contributed by atoms with Crippen molar-refractivity contribution in [2.45, 2.75) is 32.2 Å². The molecule has 0 amide bonds. The van der Waals surface area contributed by atoms with Crippen LogP contribution in [0, 0.1) is 5.92 Å². The fourth-order valence-electron chi connectivity index (χ4n) is 2.75. The molecule has 2 fully saturated rings. The van der Waals surface area contributed by atoms with Gasteiger partial charge in [-0.3, -0.25) is 4.90 Å². The lowest BCUT2D eigenvalue weighted by Gasteiger charge is -2.25. The highest BCUT2D eigenvalue weighted by molar-refractivity contribution is 5.87. The molecule has 2 unspecified atom stereocenters. The molecule has 1 heterocycles. The van der Waals surface area contributed by atoms with Gasteiger partial charge in [-0.25, -0.2) is 4.79 Å². The summed E-state index contributed by atoms with van der Waals surface area (Å²) in [5.74, 6) is 0.709. The van der Waals surface area contributed by atoms with E-state index in [1.807, 2.05) is 13.0 Å². The molecule has 2 aliphatic rings. The van der Waals surface area contributed by atoms with Crippen molar-refractivity contribution in [1.82, 2.24) is 4.90 Å². The Morgan fingerprint density at radius 3 is 2.87 bits per heavy atom. The molecule has 1 aliphatic carbocycles. The van der Waals surface area contributed by atoms with Crippen molar-refractivity contribution in [3.05, 3.63) is 11.6 Å². The van der Waals surface area contributed by atoms with E-state index < -0.39 is 0 Å². The van der Waals surface area contributed by atoms with Crippen LogP contribution in [0.2, 0.25) is 0 Å². The van der Waals surface area contributed by atoms with E-state index in [-0.39, 0.29) is 5.97 Å². The van der Waals surface area contributed by atoms with Gasteiger partial charge >= 0.3 is 5.97 Å². The predicted molar refractivity (Wildman–Crippen MR) is 58.5 cm³/mol. The van der Waals surface area contributed by atoms with Crippen molar-refractivity contribution >= 4 is 5.97 Å². The number of ether oxygens (including phenoxy) is 1. The summed E-state index contributed by atoms with van der Waals surface area (Å²) in [5, 5.41) is 0. The van der Waals surface area contributed by atoms with E-state index in [0.717, 1.165) is 24.1 Å². The van der Waals surface area contributed by atoms with Gasteiger partial charge in [0.15, 0.2) is 0 Å². The third-order valence-electron chi connectivity index (χ3n) is 3.66. The van der Waals surface area contributed by atoms with Crippen molar-refractivity contribution in [2.75, 3.05) is 20.2 Å². The van der Waals surface area contributed by atoms with Gasteiger partial charge in [-0.2, -0.15) is 0 Å². The summed E-state index contributed by atoms with van der Waals surface area (Å²) in [4.78, 5) is 13.7. The van der Waals surface area contributed by atoms with E-state index in [4.69, 9.17) is 0 Å². The summed E-state index contributed by atoms with van der Waals surface area (Å²) < 4.78 is 4.66. The monoisotopic (exact) mass is 209 g/mol. The van der Waals surface area contributed by atoms with Gasteiger partial charge in [-0.05, 0) is 32.1 Å². The molecular weight excluding hydrogens is 190 g/mol. The van der Waals surface area contributed by atoms with Crippen molar-refractivity contribution in [1.29, 1.82) is 0 Å². The molecule has 15 heavy (non-hydrogen) atoms. The number of hydrogen-bond acceptors (Lipinski definition) is 3. The molecule has 1 aliphatic heterocycles. The number of esters is 1. The molecule has 1 saturated carbocycles. The standard InChI is InChI=1S/C12H19NO2/c1-9(12(14)15-2)5-6-13-8-10-3-4-11(13)7-10/h5,10-11H,3-4,6-8H2,1-2H3. The number of carbonyl (C=O) groups excluding carboxylic acids is 1. The number of nitrogens with zero attached hydrogens (tertiary/aromatic N) is 1. The highest BCUT2D eigenvalue weighted by Gasteiger charge is 2.36. The Kier molecular flexibility index (Phi) is 3.10. The summed E-state index contributed by atoms with van der Waals surface area (Å²) in [5.41, 5.74) is 0.722. The normalized spacial score (nSPS) is 30.9. The fourth-order valence-corrected chi connectivity index (χ4v) is 2.75. The largest absolute Gasteiger partial charge is 0.466 e. The van der Waals surface area contributed by atoms with E-state index in [9.17, 15) is 4.79 Å². The first-order valence-electron chi connectivity index (χ1n) is 5.70. The van der Waals surface area contributed by atoms with E-state index >= 15 is 0 Å². The molecule has 84 valence electrons. The molecule has 0 N–H and O–H groups in total. The molecule has 0 aromatic heterocycles. The van der Waals surface area contributed by atoms with Gasteiger partial charge in [-0.15, -0.1) is 0 Å². The minimum absolute atomic E-state index is 0.209. The lowest BCUT2D eigenvalue weighted by molar-refractivity contribution is -0.136. The van der Waals surface area contributed by atoms with Crippen LogP contribution >= 0.6 is 0 Å². The lowest BCUT2D eigenvalue weighted by atomic mass is 10.1. The second-order valence-electron chi connectivity index (χ2n) is 4.67. The molecule has 2 atom stereocenters. The van der Waals surface area contributed by atoms with Crippen LogP contribution in [0.3, 0.4) is 0 Å². The predicted octanol–water partition coefficient (Wildman–Crippen LogP) is 1.59. The Labute approximate surface area is 91.1 Å². The number of methoxy groups -OCH3 is 1. The van der Waals surface area contributed by atoms with Crippen LogP contribution < -0.4 is 0 Å². The maximum absolute atomic E-state index is 11.2. The van der Waals surface area contributed by atoms with Crippen LogP contribution in [0.15, 0.2) is 11.6 Å². The molecular formula is C12H19NO2. The van der Waals surface area contributed by atoms with Crippen LogP contribution in [-0.2, 0) is 9.53 Å². The number of hydrogen-bond donors (Lipinski definition) is 0. The maximum Gasteiger partial charge on any atom is 0.333 e. The van der Waals surface area contributed by atoms with E-state index in [1.165, 1.54) is 32.9 Å². The summed E-state index contributed by atoms with van der Waals surface area (Å²) in [7, 11) is 1.43. The zero-order valence-corrected chi connectivity index (χ0v) is 9.53. The quantitative estimate of drug-likeness (QED) is 0.522. The Balaban J connectivity index is 1.85. The first-order valence-corrected chi connectivity index (χ1v) is 5.70. The molecule has 3 heteroatoms. The summed E-state index contributed by atoms with van der Waals surface area (Å²) >= 11 is 0. The lowest BCUT2D eigenvalue weighted by Crippen LogP contribution is -2.32. The molecule has 0 aromatic carbocycles. The van der Waals surface area contributed by atoms with Crippen molar-refractivity contribution in [3.8, 4) is 0 Å². The van der Waals surface area contributed by atoms with Crippen molar-refractivity contribution in [2.24, 2.45) is 5.92 Å². The first-order chi connectivity index (χ1) is 7.20. The number of likely N-dealkylation sites (tertiary alicyclic amines) is 1. The van der Waals surface area contributed by atoms with Gasteiger partial charge in [0.05, 0.1) is 7.11 Å². The van der Waals surface area contributed by atoms with E-state index in [1.54, 1.807) is 0 Å². The topological polar surface area (TPSA) is 29.5 Å². The zero-order valence-electron chi connectivity index (χ0n) is 9.53. The van der Waals surface area contributed by atoms with Gasteiger partial charge in [0.1, 0.15) is 0 Å². The Morgan fingerprint density at radius 1 is 1.53 bits per heavy atom. The number of fused-ring (bicyclic) bond motifs is 2. The summed E-state index contributed by atoms with van der Waals surface area (Å²) in [6.07, 6.45) is 6.11. The van der Waals surface area contributed by atoms with Crippen LogP contribution in [0.25, 0.3) is 0 Å². The van der Waals surface area contributed by atoms with Crippen molar-refractivity contribution < 1.29 is 9.53 Å². The Bertz CT molecular complexity index is 285. The van der Waals surface area contributed by atoms with Gasteiger partial charge < -0.3 is 4.74 Å². The fraction of sp³-hybridized carbons (Fsp3) is 0.750. The highest BCUT2D eigenvalue weighted by atomic mass is 16.5. The molecule has 0 aromatic rings. The second kappa shape index (κ2) is 4.35. The third-order valence-corrected chi connectivity index (χ3v) is 3.66. The maximum atomic E-state index is 11.2. The molecule has 0 radical (unpaired) electrons. The average Bonchev–Trinajstić information content (AvgIpc) is 2.86. The highest BCUT2D eigenvalue weighted by Crippen LogP contribution is 2.37. The van der Waals surface area contributed by atoms with Gasteiger partial charge in [0.25, 0.3) is 0 Å². The number of piperidine rings is 1. The molecule has 3 nitrogen and oxygen atoms in total. The van der Waals surface area contributed by atoms with Crippen LogP contribution in [0.4, 0.5) is 0 Å². The summed E-state index contributed by atoms with van der Waals surface area (Å²) in [6, 6.07) is 0.775. The SMILES string of the molecule is COC(=O)C(C)=CCN1CC2CCC1C2.